The van der Waals surface area contributed by atoms with Crippen molar-refractivity contribution in [3.05, 3.63) is 0 Å². The Morgan fingerprint density at radius 1 is 1.27 bits per heavy atom. The third kappa shape index (κ3) is 4.48. The molecule has 0 radical (unpaired) electrons. The maximum atomic E-state index is 4.20. The summed E-state index contributed by atoms with van der Waals surface area (Å²) in [4.78, 5) is 0. The van der Waals surface area contributed by atoms with Crippen LogP contribution in [0.3, 0.4) is 0 Å². The molecule has 1 aromatic heterocycles. The third-order valence-electron chi connectivity index (χ3n) is 4.20. The molecule has 1 aliphatic carbocycles. The van der Waals surface area contributed by atoms with Crippen molar-refractivity contribution in [3.63, 3.8) is 0 Å². The Labute approximate surface area is 138 Å². The molecule has 0 bridgehead atoms. The first-order chi connectivity index (χ1) is 10.4. The molecule has 0 aliphatic heterocycles. The molecule has 1 aromatic rings. The molecule has 2 atom stereocenters. The second kappa shape index (κ2) is 7.49. The Hall–Kier alpha value is -1.04. The Morgan fingerprint density at radius 3 is 2.68 bits per heavy atom. The summed E-state index contributed by atoms with van der Waals surface area (Å²) < 4.78 is 0. The van der Waals surface area contributed by atoms with Gasteiger partial charge in [0.2, 0.25) is 0 Å². The number of hydrogen-bond donors (Lipinski definition) is 2. The van der Waals surface area contributed by atoms with E-state index in [2.05, 4.69) is 53.7 Å². The molecule has 2 rings (SSSR count). The summed E-state index contributed by atoms with van der Waals surface area (Å²) in [5, 5.41) is 20.3. The van der Waals surface area contributed by atoms with Crippen LogP contribution in [0, 0.1) is 11.3 Å². The summed E-state index contributed by atoms with van der Waals surface area (Å²) >= 11 is 1.62. The van der Waals surface area contributed by atoms with Gasteiger partial charge >= 0.3 is 0 Å². The van der Waals surface area contributed by atoms with Gasteiger partial charge in [-0.05, 0) is 48.5 Å². The van der Waals surface area contributed by atoms with Crippen molar-refractivity contribution < 1.29 is 0 Å². The average molecular weight is 324 g/mol. The van der Waals surface area contributed by atoms with Crippen LogP contribution in [0.2, 0.25) is 0 Å². The molecular weight excluding hydrogens is 294 g/mol. The lowest BCUT2D eigenvalue weighted by atomic mass is 9.70. The highest BCUT2D eigenvalue weighted by Gasteiger charge is 2.32. The second-order valence-corrected chi connectivity index (χ2v) is 8.00. The molecule has 0 aromatic carbocycles. The zero-order valence-corrected chi connectivity index (χ0v) is 15.3. The van der Waals surface area contributed by atoms with Crippen molar-refractivity contribution in [3.8, 4) is 0 Å². The number of anilines is 2. The molecule has 2 N–H and O–H groups in total. The minimum absolute atomic E-state index is 0.389. The minimum atomic E-state index is 0.389. The first-order valence-corrected chi connectivity index (χ1v) is 9.45. The van der Waals surface area contributed by atoms with E-state index in [9.17, 15) is 0 Å². The smallest absolute Gasteiger partial charge is 0.176 e. The Morgan fingerprint density at radius 2 is 2.05 bits per heavy atom. The maximum Gasteiger partial charge on any atom is 0.176 e. The third-order valence-corrected chi connectivity index (χ3v) is 4.87. The summed E-state index contributed by atoms with van der Waals surface area (Å²) in [6, 6.07) is 0.470. The number of thioether (sulfide) groups is 1. The predicted molar refractivity (Wildman–Crippen MR) is 94.6 cm³/mol. The zero-order chi connectivity index (χ0) is 16.2. The number of aromatic nitrogens is 3. The van der Waals surface area contributed by atoms with Crippen LogP contribution in [-0.2, 0) is 0 Å². The summed E-state index contributed by atoms with van der Waals surface area (Å²) in [6.45, 7) is 10.1. The summed E-state index contributed by atoms with van der Waals surface area (Å²) in [6.07, 6.45) is 6.78. The molecule has 0 amide bonds. The van der Waals surface area contributed by atoms with Crippen molar-refractivity contribution in [2.45, 2.75) is 64.4 Å². The largest absolute Gasteiger partial charge is 0.377 e. The number of rotatable bonds is 6. The lowest BCUT2D eigenvalue weighted by molar-refractivity contribution is 0.178. The van der Waals surface area contributed by atoms with Gasteiger partial charge in [-0.3, -0.25) is 0 Å². The van der Waals surface area contributed by atoms with Crippen LogP contribution >= 0.6 is 11.8 Å². The number of nitrogens with zero attached hydrogens (tertiary/aromatic N) is 3. The Kier molecular flexibility index (Phi) is 5.89. The van der Waals surface area contributed by atoms with E-state index in [0.29, 0.717) is 11.5 Å². The molecule has 0 spiro atoms. The fourth-order valence-electron chi connectivity index (χ4n) is 3.61. The van der Waals surface area contributed by atoms with Crippen LogP contribution in [0.5, 0.6) is 0 Å². The van der Waals surface area contributed by atoms with Crippen LogP contribution in [0.1, 0.15) is 53.4 Å². The fourth-order valence-corrected chi connectivity index (χ4v) is 4.09. The normalized spacial score (nSPS) is 24.0. The van der Waals surface area contributed by atoms with Crippen LogP contribution in [0.4, 0.5) is 11.5 Å². The summed E-state index contributed by atoms with van der Waals surface area (Å²) in [7, 11) is 0. The Bertz CT molecular complexity index is 491. The minimum Gasteiger partial charge on any atom is -0.377 e. The molecule has 1 heterocycles. The van der Waals surface area contributed by atoms with Gasteiger partial charge in [-0.25, -0.2) is 0 Å². The van der Waals surface area contributed by atoms with Gasteiger partial charge in [0.15, 0.2) is 5.82 Å². The molecule has 6 heteroatoms. The number of nitrogens with one attached hydrogen (secondary N) is 2. The van der Waals surface area contributed by atoms with Crippen LogP contribution in [-0.4, -0.2) is 34.3 Å². The van der Waals surface area contributed by atoms with Crippen LogP contribution in [0.25, 0.3) is 0 Å². The lowest BCUT2D eigenvalue weighted by Gasteiger charge is -2.39. The van der Waals surface area contributed by atoms with Crippen LogP contribution in [0.15, 0.2) is 5.03 Å². The van der Waals surface area contributed by atoms with Gasteiger partial charge in [-0.1, -0.05) is 27.7 Å². The van der Waals surface area contributed by atoms with Gasteiger partial charge in [0.05, 0.1) is 0 Å². The summed E-state index contributed by atoms with van der Waals surface area (Å²) in [5.41, 5.74) is 1.41. The zero-order valence-electron chi connectivity index (χ0n) is 14.4. The van der Waals surface area contributed by atoms with Crippen LogP contribution < -0.4 is 10.6 Å². The lowest BCUT2D eigenvalue weighted by Crippen LogP contribution is -2.36. The number of hydrogen-bond acceptors (Lipinski definition) is 6. The topological polar surface area (TPSA) is 62.7 Å². The highest BCUT2D eigenvalue weighted by atomic mass is 32.2. The van der Waals surface area contributed by atoms with Crippen molar-refractivity contribution in [1.82, 2.24) is 15.4 Å². The molecule has 0 saturated heterocycles. The van der Waals surface area contributed by atoms with E-state index in [1.165, 1.54) is 19.3 Å². The molecule has 1 saturated carbocycles. The van der Waals surface area contributed by atoms with Crippen molar-refractivity contribution in [2.75, 3.05) is 23.4 Å². The molecular formula is C16H29N5S. The van der Waals surface area contributed by atoms with E-state index < -0.39 is 0 Å². The monoisotopic (exact) mass is 323 g/mol. The standard InChI is InChI=1S/C16H29N5S/c1-6-7-17-14-13(15(22-5)20-21-19-14)18-12-8-11(2)9-16(3,4)10-12/h11-12H,6-10H2,1-5H3,(H,18,21)(H,17,19,20). The maximum absolute atomic E-state index is 4.20. The molecule has 5 nitrogen and oxygen atoms in total. The average Bonchev–Trinajstić information content (AvgIpc) is 2.43. The molecule has 2 unspecified atom stereocenters. The molecule has 1 aliphatic rings. The first-order valence-electron chi connectivity index (χ1n) is 8.23. The van der Waals surface area contributed by atoms with Crippen molar-refractivity contribution >= 4 is 23.3 Å². The van der Waals surface area contributed by atoms with Gasteiger partial charge in [-0.2, -0.15) is 0 Å². The van der Waals surface area contributed by atoms with E-state index in [1.54, 1.807) is 11.8 Å². The molecule has 22 heavy (non-hydrogen) atoms. The highest BCUT2D eigenvalue weighted by Crippen LogP contribution is 2.40. The van der Waals surface area contributed by atoms with Crippen molar-refractivity contribution in [1.29, 1.82) is 0 Å². The van der Waals surface area contributed by atoms with Gasteiger partial charge in [0.1, 0.15) is 10.7 Å². The van der Waals surface area contributed by atoms with Gasteiger partial charge < -0.3 is 10.6 Å². The molecule has 124 valence electrons. The van der Waals surface area contributed by atoms with E-state index in [1.807, 2.05) is 6.26 Å². The fraction of sp³-hybridized carbons (Fsp3) is 0.812. The Balaban J connectivity index is 2.19. The van der Waals surface area contributed by atoms with E-state index in [0.717, 1.165) is 35.4 Å². The molecule has 1 fully saturated rings. The first kappa shape index (κ1) is 17.3. The van der Waals surface area contributed by atoms with Gasteiger partial charge in [0.25, 0.3) is 0 Å². The predicted octanol–water partition coefficient (Wildman–Crippen LogP) is 4.04. The SMILES string of the molecule is CCCNc1nnnc(SC)c1NC1CC(C)CC(C)(C)C1. The van der Waals surface area contributed by atoms with Gasteiger partial charge in [0, 0.05) is 12.6 Å². The quantitative estimate of drug-likeness (QED) is 0.770. The highest BCUT2D eigenvalue weighted by molar-refractivity contribution is 7.98. The van der Waals surface area contributed by atoms with E-state index in [-0.39, 0.29) is 0 Å². The summed E-state index contributed by atoms with van der Waals surface area (Å²) in [5.74, 6) is 1.58. The second-order valence-electron chi connectivity index (χ2n) is 7.20. The van der Waals surface area contributed by atoms with E-state index in [4.69, 9.17) is 0 Å². The van der Waals surface area contributed by atoms with E-state index >= 15 is 0 Å². The van der Waals surface area contributed by atoms with Crippen molar-refractivity contribution in [2.24, 2.45) is 11.3 Å². The van der Waals surface area contributed by atoms with Gasteiger partial charge in [-0.15, -0.1) is 22.0 Å².